The molecule has 1 aliphatic rings. The smallest absolute Gasteiger partial charge is 0.334 e. The first kappa shape index (κ1) is 25.8. The predicted octanol–water partition coefficient (Wildman–Crippen LogP) is 5.17. The van der Waals surface area contributed by atoms with Gasteiger partial charge in [0.25, 0.3) is 12.3 Å². The third-order valence-electron chi connectivity index (χ3n) is 6.98. The molecule has 0 bridgehead atoms. The van der Waals surface area contributed by atoms with Crippen molar-refractivity contribution in [2.24, 2.45) is 5.92 Å². The number of hydrogen-bond donors (Lipinski definition) is 1. The first-order valence-electron chi connectivity index (χ1n) is 12.3. The summed E-state index contributed by atoms with van der Waals surface area (Å²) in [6.45, 7) is 0.512. The lowest BCUT2D eigenvalue weighted by molar-refractivity contribution is 0.0904. The lowest BCUT2D eigenvalue weighted by atomic mass is 9.85. The van der Waals surface area contributed by atoms with Crippen LogP contribution < -0.4 is 15.7 Å². The molecule has 3 heterocycles. The van der Waals surface area contributed by atoms with Gasteiger partial charge in [-0.05, 0) is 74.1 Å². The van der Waals surface area contributed by atoms with Gasteiger partial charge in [0.15, 0.2) is 5.65 Å². The standard InChI is InChI=1S/C27H26ClF2N5O3/c1-38-20-10-8-19(9-11-20)35-25-22(3-2-12-31-25)34(27(35)37)15-16-4-6-18(7-5-16)33-26(36)21-13-17(28)14-32-23(21)24(29)30/h2-3,8-14,16,18,24H,4-7,15H2,1H3,(H,33,36)/t16-,18-. The molecule has 0 unspecified atom stereocenters. The van der Waals surface area contributed by atoms with Crippen LogP contribution in [0.25, 0.3) is 16.9 Å². The molecule has 1 aromatic carbocycles. The predicted molar refractivity (Wildman–Crippen MR) is 139 cm³/mol. The van der Waals surface area contributed by atoms with E-state index >= 15 is 0 Å². The maximum absolute atomic E-state index is 13.5. The van der Waals surface area contributed by atoms with Gasteiger partial charge >= 0.3 is 5.69 Å². The molecule has 0 saturated heterocycles. The van der Waals surface area contributed by atoms with Crippen LogP contribution in [0.5, 0.6) is 5.75 Å². The highest BCUT2D eigenvalue weighted by atomic mass is 35.5. The number of benzene rings is 1. The number of nitrogens with zero attached hydrogens (tertiary/aromatic N) is 4. The van der Waals surface area contributed by atoms with Crippen LogP contribution in [0.4, 0.5) is 8.78 Å². The molecule has 1 N–H and O–H groups in total. The maximum Gasteiger partial charge on any atom is 0.334 e. The van der Waals surface area contributed by atoms with Crippen molar-refractivity contribution < 1.29 is 18.3 Å². The van der Waals surface area contributed by atoms with E-state index in [4.69, 9.17) is 16.3 Å². The Labute approximate surface area is 222 Å². The van der Waals surface area contributed by atoms with E-state index in [-0.39, 0.29) is 28.2 Å². The third kappa shape index (κ3) is 5.13. The fourth-order valence-corrected chi connectivity index (χ4v) is 5.20. The quantitative estimate of drug-likeness (QED) is 0.348. The second-order valence-electron chi connectivity index (χ2n) is 9.35. The van der Waals surface area contributed by atoms with Crippen molar-refractivity contribution in [3.63, 3.8) is 0 Å². The molecule has 38 heavy (non-hydrogen) atoms. The SMILES string of the molecule is COc1ccc(-n2c(=O)n(C[C@H]3CC[C@H](NC(=O)c4cc(Cl)cnc4C(F)F)CC3)c3cccnc32)cc1. The van der Waals surface area contributed by atoms with Crippen LogP contribution in [-0.2, 0) is 6.54 Å². The number of halogens is 3. The van der Waals surface area contributed by atoms with E-state index in [1.54, 1.807) is 40.6 Å². The molecule has 1 fully saturated rings. The largest absolute Gasteiger partial charge is 0.497 e. The number of aromatic nitrogens is 4. The number of carbonyl (C=O) groups is 1. The minimum Gasteiger partial charge on any atom is -0.497 e. The fourth-order valence-electron chi connectivity index (χ4n) is 5.04. The van der Waals surface area contributed by atoms with E-state index in [1.165, 1.54) is 6.07 Å². The number of amides is 1. The van der Waals surface area contributed by atoms with E-state index in [9.17, 15) is 18.4 Å². The van der Waals surface area contributed by atoms with Gasteiger partial charge in [0.2, 0.25) is 0 Å². The normalized spacial score (nSPS) is 17.6. The summed E-state index contributed by atoms with van der Waals surface area (Å²) < 4.78 is 35.2. The van der Waals surface area contributed by atoms with Gasteiger partial charge < -0.3 is 10.1 Å². The summed E-state index contributed by atoms with van der Waals surface area (Å²) in [6.07, 6.45) is 2.75. The van der Waals surface area contributed by atoms with Crippen molar-refractivity contribution in [3.8, 4) is 11.4 Å². The van der Waals surface area contributed by atoms with Crippen LogP contribution in [0.15, 0.2) is 59.7 Å². The summed E-state index contributed by atoms with van der Waals surface area (Å²) in [6, 6.07) is 12.0. The summed E-state index contributed by atoms with van der Waals surface area (Å²) in [7, 11) is 1.59. The van der Waals surface area contributed by atoms with E-state index in [0.717, 1.165) is 24.6 Å². The number of ether oxygens (including phenoxy) is 1. The molecule has 4 aromatic rings. The number of hydrogen-bond acceptors (Lipinski definition) is 5. The number of carbonyl (C=O) groups excluding carboxylic acids is 1. The Morgan fingerprint density at radius 3 is 2.58 bits per heavy atom. The van der Waals surface area contributed by atoms with Crippen LogP contribution in [-0.4, -0.2) is 38.2 Å². The molecule has 0 radical (unpaired) electrons. The van der Waals surface area contributed by atoms with Gasteiger partial charge in [-0.3, -0.25) is 14.3 Å². The van der Waals surface area contributed by atoms with Crippen molar-refractivity contribution in [1.82, 2.24) is 24.4 Å². The fraction of sp³-hybridized carbons (Fsp3) is 0.333. The number of pyridine rings is 2. The Morgan fingerprint density at radius 1 is 1.16 bits per heavy atom. The molecule has 0 aliphatic heterocycles. The van der Waals surface area contributed by atoms with Crippen LogP contribution in [0.2, 0.25) is 5.02 Å². The second kappa shape index (κ2) is 10.9. The minimum atomic E-state index is -2.88. The van der Waals surface area contributed by atoms with E-state index in [2.05, 4.69) is 15.3 Å². The molecule has 3 aromatic heterocycles. The maximum atomic E-state index is 13.5. The topological polar surface area (TPSA) is 91.0 Å². The van der Waals surface area contributed by atoms with Gasteiger partial charge in [-0.15, -0.1) is 0 Å². The lowest BCUT2D eigenvalue weighted by Gasteiger charge is -2.29. The molecule has 0 atom stereocenters. The van der Waals surface area contributed by atoms with Crippen LogP contribution in [0, 0.1) is 5.92 Å². The van der Waals surface area contributed by atoms with Gasteiger partial charge in [-0.2, -0.15) is 0 Å². The van der Waals surface area contributed by atoms with Gasteiger partial charge in [0.05, 0.1) is 28.9 Å². The molecule has 0 spiro atoms. The Morgan fingerprint density at radius 2 is 1.89 bits per heavy atom. The van der Waals surface area contributed by atoms with Crippen molar-refractivity contribution in [1.29, 1.82) is 0 Å². The average Bonchev–Trinajstić information content (AvgIpc) is 3.20. The third-order valence-corrected chi connectivity index (χ3v) is 7.19. The summed E-state index contributed by atoms with van der Waals surface area (Å²) in [5.74, 6) is 0.295. The summed E-state index contributed by atoms with van der Waals surface area (Å²) >= 11 is 5.89. The molecule has 1 amide bonds. The minimum absolute atomic E-state index is 0.122. The molecule has 1 aliphatic carbocycles. The van der Waals surface area contributed by atoms with Crippen LogP contribution in [0.3, 0.4) is 0 Å². The molecule has 1 saturated carbocycles. The Hall–Kier alpha value is -3.79. The highest BCUT2D eigenvalue weighted by Gasteiger charge is 2.27. The molecule has 11 heteroatoms. The number of methoxy groups -OCH3 is 1. The molecular formula is C27H26ClF2N5O3. The van der Waals surface area contributed by atoms with Gasteiger partial charge in [0.1, 0.15) is 11.4 Å². The first-order chi connectivity index (χ1) is 18.4. The zero-order valence-electron chi connectivity index (χ0n) is 20.6. The van der Waals surface area contributed by atoms with E-state index < -0.39 is 18.0 Å². The van der Waals surface area contributed by atoms with Crippen molar-refractivity contribution in [3.05, 3.63) is 81.6 Å². The van der Waals surface area contributed by atoms with Gasteiger partial charge in [-0.1, -0.05) is 11.6 Å². The van der Waals surface area contributed by atoms with Gasteiger partial charge in [0, 0.05) is 25.0 Å². The van der Waals surface area contributed by atoms with Crippen molar-refractivity contribution in [2.45, 2.75) is 44.7 Å². The van der Waals surface area contributed by atoms with Crippen LogP contribution >= 0.6 is 11.6 Å². The zero-order valence-corrected chi connectivity index (χ0v) is 21.4. The molecule has 198 valence electrons. The zero-order chi connectivity index (χ0) is 26.8. The second-order valence-corrected chi connectivity index (χ2v) is 9.79. The monoisotopic (exact) mass is 541 g/mol. The first-order valence-corrected chi connectivity index (χ1v) is 12.7. The Balaban J connectivity index is 1.30. The number of rotatable bonds is 7. The number of nitrogens with one attached hydrogen (secondary N) is 1. The van der Waals surface area contributed by atoms with Crippen molar-refractivity contribution >= 4 is 28.7 Å². The number of alkyl halides is 2. The summed E-state index contributed by atoms with van der Waals surface area (Å²) in [5, 5.41) is 2.98. The molecule has 5 rings (SSSR count). The molecular weight excluding hydrogens is 516 g/mol. The summed E-state index contributed by atoms with van der Waals surface area (Å²) in [5.41, 5.74) is 1.06. The highest BCUT2D eigenvalue weighted by Crippen LogP contribution is 2.28. The van der Waals surface area contributed by atoms with E-state index in [0.29, 0.717) is 36.5 Å². The molecule has 8 nitrogen and oxygen atoms in total. The van der Waals surface area contributed by atoms with Crippen molar-refractivity contribution in [2.75, 3.05) is 7.11 Å². The highest BCUT2D eigenvalue weighted by molar-refractivity contribution is 6.30. The number of imidazole rings is 1. The van der Waals surface area contributed by atoms with Gasteiger partial charge in [-0.25, -0.2) is 23.1 Å². The van der Waals surface area contributed by atoms with E-state index in [1.807, 2.05) is 18.2 Å². The Kier molecular flexibility index (Phi) is 7.42. The average molecular weight is 542 g/mol. The van der Waals surface area contributed by atoms with Crippen LogP contribution in [0.1, 0.15) is 48.2 Å². The summed E-state index contributed by atoms with van der Waals surface area (Å²) in [4.78, 5) is 34.3. The number of fused-ring (bicyclic) bond motifs is 1. The lowest BCUT2D eigenvalue weighted by Crippen LogP contribution is -2.39. The Bertz CT molecular complexity index is 1510.